The summed E-state index contributed by atoms with van der Waals surface area (Å²) in [7, 11) is 0. The van der Waals surface area contributed by atoms with Gasteiger partial charge < -0.3 is 10.0 Å². The first kappa shape index (κ1) is 17.0. The first-order valence-corrected chi connectivity index (χ1v) is 9.70. The van der Waals surface area contributed by atoms with Crippen LogP contribution in [0, 0.1) is 5.92 Å². The molecule has 1 unspecified atom stereocenters. The van der Waals surface area contributed by atoms with Crippen molar-refractivity contribution in [1.29, 1.82) is 0 Å². The van der Waals surface area contributed by atoms with E-state index < -0.39 is 6.10 Å². The minimum atomic E-state index is -0.420. The smallest absolute Gasteiger partial charge is 0.253 e. The van der Waals surface area contributed by atoms with Gasteiger partial charge in [0, 0.05) is 35.3 Å². The third-order valence-corrected chi connectivity index (χ3v) is 5.99. The average molecular weight is 367 g/mol. The van der Waals surface area contributed by atoms with E-state index in [4.69, 9.17) is 0 Å². The number of aromatic nitrogens is 2. The number of H-pyrrole nitrogens is 1. The predicted molar refractivity (Wildman–Crippen MR) is 102 cm³/mol. The highest BCUT2D eigenvalue weighted by atomic mass is 32.1. The first-order valence-electron chi connectivity index (χ1n) is 8.82. The van der Waals surface area contributed by atoms with Crippen molar-refractivity contribution in [3.8, 4) is 11.1 Å². The van der Waals surface area contributed by atoms with E-state index in [0.717, 1.165) is 28.8 Å². The third kappa shape index (κ3) is 3.43. The van der Waals surface area contributed by atoms with Gasteiger partial charge in [-0.1, -0.05) is 18.2 Å². The van der Waals surface area contributed by atoms with Crippen LogP contribution in [0.5, 0.6) is 0 Å². The molecule has 0 aliphatic carbocycles. The summed E-state index contributed by atoms with van der Waals surface area (Å²) in [6, 6.07) is 11.6. The molecule has 0 saturated carbocycles. The highest BCUT2D eigenvalue weighted by molar-refractivity contribution is 7.10. The number of thiophene rings is 1. The highest BCUT2D eigenvalue weighted by Crippen LogP contribution is 2.33. The van der Waals surface area contributed by atoms with E-state index in [0.29, 0.717) is 18.7 Å². The summed E-state index contributed by atoms with van der Waals surface area (Å²) < 4.78 is 0. The van der Waals surface area contributed by atoms with E-state index in [9.17, 15) is 9.90 Å². The molecule has 1 saturated heterocycles. The maximum absolute atomic E-state index is 12.9. The second-order valence-corrected chi connectivity index (χ2v) is 7.64. The molecule has 0 spiro atoms. The van der Waals surface area contributed by atoms with Crippen LogP contribution in [0.4, 0.5) is 0 Å². The number of carbonyl (C=O) groups excluding carboxylic acids is 1. The Morgan fingerprint density at radius 2 is 2.08 bits per heavy atom. The molecule has 3 heterocycles. The van der Waals surface area contributed by atoms with Gasteiger partial charge in [0.1, 0.15) is 0 Å². The van der Waals surface area contributed by atoms with Crippen molar-refractivity contribution in [3.63, 3.8) is 0 Å². The number of amides is 1. The molecule has 1 aromatic carbocycles. The second-order valence-electron chi connectivity index (χ2n) is 6.66. The number of likely N-dealkylation sites (tertiary alicyclic amines) is 1. The number of piperidine rings is 1. The molecule has 4 rings (SSSR count). The van der Waals surface area contributed by atoms with E-state index >= 15 is 0 Å². The normalized spacial score (nSPS) is 16.6. The summed E-state index contributed by atoms with van der Waals surface area (Å²) >= 11 is 1.59. The third-order valence-electron chi connectivity index (χ3n) is 5.05. The van der Waals surface area contributed by atoms with Crippen LogP contribution in [-0.4, -0.2) is 39.2 Å². The number of rotatable bonds is 4. The topological polar surface area (TPSA) is 69.2 Å². The lowest BCUT2D eigenvalue weighted by molar-refractivity contribution is 0.0474. The molecule has 1 amide bonds. The van der Waals surface area contributed by atoms with Crippen LogP contribution in [0.2, 0.25) is 0 Å². The lowest BCUT2D eigenvalue weighted by Gasteiger charge is -2.34. The predicted octanol–water partition coefficient (Wildman–Crippen LogP) is 3.72. The maximum Gasteiger partial charge on any atom is 0.253 e. The Morgan fingerprint density at radius 1 is 1.23 bits per heavy atom. The number of nitrogens with one attached hydrogen (secondary N) is 1. The summed E-state index contributed by atoms with van der Waals surface area (Å²) in [5.41, 5.74) is 2.64. The molecule has 2 N–H and O–H groups in total. The fraction of sp³-hybridized carbons (Fsp3) is 0.300. The fourth-order valence-electron chi connectivity index (χ4n) is 3.53. The molecule has 1 aliphatic heterocycles. The molecular weight excluding hydrogens is 346 g/mol. The van der Waals surface area contributed by atoms with Gasteiger partial charge in [-0.3, -0.25) is 9.89 Å². The van der Waals surface area contributed by atoms with Crippen LogP contribution in [0.15, 0.2) is 54.2 Å². The zero-order valence-corrected chi connectivity index (χ0v) is 15.2. The minimum Gasteiger partial charge on any atom is -0.387 e. The number of hydrogen-bond acceptors (Lipinski definition) is 4. The number of aliphatic hydroxyl groups excluding tert-OH is 1. The molecule has 134 valence electrons. The quantitative estimate of drug-likeness (QED) is 0.738. The number of aromatic amines is 1. The Balaban J connectivity index is 1.42. The number of nitrogens with zero attached hydrogens (tertiary/aromatic N) is 2. The SMILES string of the molecule is O=C(c1cccc(-c2cn[nH]c2)c1)N1CCC(C(O)c2cccs2)CC1. The first-order chi connectivity index (χ1) is 12.7. The Bertz CT molecular complexity index is 853. The number of carbonyl (C=O) groups is 1. The average Bonchev–Trinajstić information content (AvgIpc) is 3.41. The van der Waals surface area contributed by atoms with E-state index in [1.165, 1.54) is 0 Å². The minimum absolute atomic E-state index is 0.0550. The van der Waals surface area contributed by atoms with Crippen molar-refractivity contribution >= 4 is 17.2 Å². The maximum atomic E-state index is 12.9. The molecule has 1 fully saturated rings. The molecule has 26 heavy (non-hydrogen) atoms. The Labute approximate surface area is 156 Å². The Kier molecular flexibility index (Phi) is 4.86. The number of hydrogen-bond donors (Lipinski definition) is 2. The fourth-order valence-corrected chi connectivity index (χ4v) is 4.34. The van der Waals surface area contributed by atoms with Crippen molar-refractivity contribution in [1.82, 2.24) is 15.1 Å². The van der Waals surface area contributed by atoms with Crippen molar-refractivity contribution in [2.75, 3.05) is 13.1 Å². The Hall–Kier alpha value is -2.44. The summed E-state index contributed by atoms with van der Waals surface area (Å²) in [5.74, 6) is 0.273. The summed E-state index contributed by atoms with van der Waals surface area (Å²) in [6.45, 7) is 1.36. The lowest BCUT2D eigenvalue weighted by Crippen LogP contribution is -2.39. The Morgan fingerprint density at radius 3 is 2.77 bits per heavy atom. The zero-order valence-electron chi connectivity index (χ0n) is 14.3. The summed E-state index contributed by atoms with van der Waals surface area (Å²) in [6.07, 6.45) is 4.80. The molecule has 1 atom stereocenters. The van der Waals surface area contributed by atoms with Gasteiger partial charge in [0.15, 0.2) is 0 Å². The lowest BCUT2D eigenvalue weighted by atomic mass is 9.90. The van der Waals surface area contributed by atoms with Crippen molar-refractivity contribution in [2.24, 2.45) is 5.92 Å². The zero-order chi connectivity index (χ0) is 17.9. The van der Waals surface area contributed by atoms with Crippen molar-refractivity contribution < 1.29 is 9.90 Å². The van der Waals surface area contributed by atoms with E-state index in [1.807, 2.05) is 52.9 Å². The highest BCUT2D eigenvalue weighted by Gasteiger charge is 2.29. The molecule has 0 radical (unpaired) electrons. The van der Waals surface area contributed by atoms with Crippen LogP contribution in [-0.2, 0) is 0 Å². The van der Waals surface area contributed by atoms with Gasteiger partial charge in [0.05, 0.1) is 12.3 Å². The van der Waals surface area contributed by atoms with E-state index in [2.05, 4.69) is 10.2 Å². The van der Waals surface area contributed by atoms with Crippen LogP contribution < -0.4 is 0 Å². The monoisotopic (exact) mass is 367 g/mol. The van der Waals surface area contributed by atoms with Crippen LogP contribution in [0.1, 0.15) is 34.2 Å². The molecule has 0 bridgehead atoms. The molecule has 6 heteroatoms. The van der Waals surface area contributed by atoms with Crippen LogP contribution in [0.3, 0.4) is 0 Å². The second kappa shape index (κ2) is 7.43. The van der Waals surface area contributed by atoms with Gasteiger partial charge in [-0.15, -0.1) is 11.3 Å². The number of benzene rings is 1. The van der Waals surface area contributed by atoms with Gasteiger partial charge in [-0.25, -0.2) is 0 Å². The van der Waals surface area contributed by atoms with Crippen LogP contribution in [0.25, 0.3) is 11.1 Å². The van der Waals surface area contributed by atoms with Gasteiger partial charge >= 0.3 is 0 Å². The standard InChI is InChI=1S/C20H21N3O2S/c24-19(18-5-2-10-26-18)14-6-8-23(9-7-14)20(25)16-4-1-3-15(11-16)17-12-21-22-13-17/h1-5,10-14,19,24H,6-9H2,(H,21,22). The van der Waals surface area contributed by atoms with Crippen molar-refractivity contribution in [3.05, 3.63) is 64.6 Å². The van der Waals surface area contributed by atoms with Gasteiger partial charge in [-0.2, -0.15) is 5.10 Å². The summed E-state index contributed by atoms with van der Waals surface area (Å²) in [4.78, 5) is 15.8. The van der Waals surface area contributed by atoms with Gasteiger partial charge in [0.2, 0.25) is 0 Å². The largest absolute Gasteiger partial charge is 0.387 e. The number of aliphatic hydroxyl groups is 1. The molecule has 2 aromatic heterocycles. The van der Waals surface area contributed by atoms with Gasteiger partial charge in [0.25, 0.3) is 5.91 Å². The van der Waals surface area contributed by atoms with E-state index in [1.54, 1.807) is 17.5 Å². The molecular formula is C20H21N3O2S. The molecule has 5 nitrogen and oxygen atoms in total. The van der Waals surface area contributed by atoms with E-state index in [-0.39, 0.29) is 11.8 Å². The van der Waals surface area contributed by atoms with Gasteiger partial charge in [-0.05, 0) is 47.9 Å². The molecule has 1 aliphatic rings. The van der Waals surface area contributed by atoms with Crippen molar-refractivity contribution in [2.45, 2.75) is 18.9 Å². The molecule has 3 aromatic rings. The summed E-state index contributed by atoms with van der Waals surface area (Å²) in [5, 5.41) is 19.3. The van der Waals surface area contributed by atoms with Crippen LogP contribution >= 0.6 is 11.3 Å².